The summed E-state index contributed by atoms with van der Waals surface area (Å²) in [5.74, 6) is 1.12. The van der Waals surface area contributed by atoms with Crippen LogP contribution in [0.2, 0.25) is 0 Å². The summed E-state index contributed by atoms with van der Waals surface area (Å²) >= 11 is 0. The summed E-state index contributed by atoms with van der Waals surface area (Å²) < 4.78 is 2.21. The molecule has 0 fully saturated rings. The van der Waals surface area contributed by atoms with Gasteiger partial charge in [-0.05, 0) is 61.4 Å². The Morgan fingerprint density at radius 2 is 1.55 bits per heavy atom. The van der Waals surface area contributed by atoms with Crippen molar-refractivity contribution in [3.05, 3.63) is 96.1 Å². The van der Waals surface area contributed by atoms with Crippen LogP contribution in [-0.4, -0.2) is 15.7 Å². The lowest BCUT2D eigenvalue weighted by Crippen LogP contribution is -2.35. The Balaban J connectivity index is 1.50. The molecule has 2 aliphatic rings. The predicted octanol–water partition coefficient (Wildman–Crippen LogP) is 5.72. The summed E-state index contributed by atoms with van der Waals surface area (Å²) in [5, 5.41) is 0. The topological polar surface area (TPSA) is 24.3 Å². The van der Waals surface area contributed by atoms with E-state index in [1.165, 1.54) is 39.6 Å². The van der Waals surface area contributed by atoms with E-state index < -0.39 is 0 Å². The van der Waals surface area contributed by atoms with E-state index in [2.05, 4.69) is 106 Å². The van der Waals surface area contributed by atoms with Crippen LogP contribution in [0, 0.1) is 6.92 Å². The number of hydrogen-bond donors (Lipinski definition) is 0. The van der Waals surface area contributed by atoms with Gasteiger partial charge < -0.3 is 14.4 Å². The molecule has 0 amide bonds. The minimum Gasteiger partial charge on any atom is -0.319 e. The van der Waals surface area contributed by atoms with E-state index in [0.29, 0.717) is 0 Å². The molecule has 0 radical (unpaired) electrons. The predicted molar refractivity (Wildman–Crippen MR) is 118 cm³/mol. The van der Waals surface area contributed by atoms with Crippen LogP contribution < -0.4 is 9.80 Å². The van der Waals surface area contributed by atoms with Crippen molar-refractivity contribution in [3.63, 3.8) is 0 Å². The van der Waals surface area contributed by atoms with Crippen molar-refractivity contribution >= 4 is 22.7 Å². The summed E-state index contributed by atoms with van der Waals surface area (Å²) in [7, 11) is 0. The standard InChI is InChI=1S/C25H22N4/c1-17-14-24-19(16-25-26-12-13-27(24)25)15-23(17)29-18(2)28(20-8-4-3-5-9-20)21-10-6-7-11-22(21)29/h3-15,18H,16H2,1-2H3/t18-/m0/s1. The zero-order valence-electron chi connectivity index (χ0n) is 16.6. The zero-order chi connectivity index (χ0) is 19.5. The highest BCUT2D eigenvalue weighted by atomic mass is 15.4. The Kier molecular flexibility index (Phi) is 3.39. The summed E-state index contributed by atoms with van der Waals surface area (Å²) in [6, 6.07) is 24.0. The van der Waals surface area contributed by atoms with Crippen molar-refractivity contribution < 1.29 is 0 Å². The number of nitrogens with zero attached hydrogens (tertiary/aromatic N) is 4. The van der Waals surface area contributed by atoms with Gasteiger partial charge in [-0.2, -0.15) is 0 Å². The van der Waals surface area contributed by atoms with Crippen molar-refractivity contribution in [2.45, 2.75) is 26.4 Å². The van der Waals surface area contributed by atoms with Gasteiger partial charge in [0.25, 0.3) is 0 Å². The van der Waals surface area contributed by atoms with Crippen LogP contribution in [0.4, 0.5) is 22.7 Å². The summed E-state index contributed by atoms with van der Waals surface area (Å²) in [6.45, 7) is 4.50. The number of hydrogen-bond acceptors (Lipinski definition) is 3. The zero-order valence-corrected chi connectivity index (χ0v) is 16.6. The second-order valence-electron chi connectivity index (χ2n) is 7.85. The Bertz CT molecular complexity index is 1220. The molecule has 3 aromatic carbocycles. The average molecular weight is 378 g/mol. The third kappa shape index (κ3) is 2.29. The first-order chi connectivity index (χ1) is 14.2. The lowest BCUT2D eigenvalue weighted by Gasteiger charge is -2.31. The van der Waals surface area contributed by atoms with Gasteiger partial charge in [-0.1, -0.05) is 30.3 Å². The van der Waals surface area contributed by atoms with E-state index >= 15 is 0 Å². The molecule has 0 N–H and O–H groups in total. The van der Waals surface area contributed by atoms with Gasteiger partial charge in [0.05, 0.1) is 17.1 Å². The molecule has 0 bridgehead atoms. The third-order valence-corrected chi connectivity index (χ3v) is 6.16. The van der Waals surface area contributed by atoms with Crippen LogP contribution in [-0.2, 0) is 6.42 Å². The number of para-hydroxylation sites is 3. The molecule has 0 unspecified atom stereocenters. The molecule has 1 aromatic heterocycles. The fourth-order valence-corrected chi connectivity index (χ4v) is 4.87. The van der Waals surface area contributed by atoms with Crippen LogP contribution in [0.3, 0.4) is 0 Å². The smallest absolute Gasteiger partial charge is 0.117 e. The molecule has 6 rings (SSSR count). The molecule has 3 heterocycles. The molecule has 2 aliphatic heterocycles. The first-order valence-electron chi connectivity index (χ1n) is 10.1. The molecule has 142 valence electrons. The van der Waals surface area contributed by atoms with Crippen molar-refractivity contribution in [3.8, 4) is 5.69 Å². The summed E-state index contributed by atoms with van der Waals surface area (Å²) in [6.07, 6.45) is 5.02. The Labute approximate surface area is 170 Å². The van der Waals surface area contributed by atoms with E-state index in [1.54, 1.807) is 0 Å². The van der Waals surface area contributed by atoms with Crippen LogP contribution in [0.25, 0.3) is 5.69 Å². The van der Waals surface area contributed by atoms with E-state index in [4.69, 9.17) is 0 Å². The summed E-state index contributed by atoms with van der Waals surface area (Å²) in [5.41, 5.74) is 8.88. The largest absolute Gasteiger partial charge is 0.319 e. The SMILES string of the molecule is Cc1cc2c(cc1N1c3ccccc3N(c3ccccc3)[C@@H]1C)Cc1nccn1-2. The Morgan fingerprint density at radius 3 is 2.34 bits per heavy atom. The number of aryl methyl sites for hydroxylation is 1. The minimum atomic E-state index is 0.185. The molecule has 0 saturated heterocycles. The Morgan fingerprint density at radius 1 is 0.828 bits per heavy atom. The quantitative estimate of drug-likeness (QED) is 0.393. The highest BCUT2D eigenvalue weighted by molar-refractivity contribution is 5.89. The van der Waals surface area contributed by atoms with E-state index in [0.717, 1.165) is 12.2 Å². The first kappa shape index (κ1) is 16.4. The normalized spacial score (nSPS) is 16.7. The number of fused-ring (bicyclic) bond motifs is 4. The van der Waals surface area contributed by atoms with Gasteiger partial charge in [-0.3, -0.25) is 0 Å². The molecule has 0 aliphatic carbocycles. The Hall–Kier alpha value is -3.53. The maximum Gasteiger partial charge on any atom is 0.117 e. The lowest BCUT2D eigenvalue weighted by molar-refractivity contribution is 0.759. The molecular formula is C25H22N4. The fraction of sp³-hybridized carbons (Fsp3) is 0.160. The maximum atomic E-state index is 4.51. The highest BCUT2D eigenvalue weighted by Gasteiger charge is 2.35. The van der Waals surface area contributed by atoms with Gasteiger partial charge in [0, 0.05) is 30.2 Å². The van der Waals surface area contributed by atoms with Crippen molar-refractivity contribution in [1.82, 2.24) is 9.55 Å². The molecule has 29 heavy (non-hydrogen) atoms. The molecule has 4 aromatic rings. The third-order valence-electron chi connectivity index (χ3n) is 6.16. The molecule has 4 nitrogen and oxygen atoms in total. The minimum absolute atomic E-state index is 0.185. The molecular weight excluding hydrogens is 356 g/mol. The first-order valence-corrected chi connectivity index (χ1v) is 10.1. The van der Waals surface area contributed by atoms with Crippen molar-refractivity contribution in [1.29, 1.82) is 0 Å². The van der Waals surface area contributed by atoms with Crippen molar-refractivity contribution in [2.24, 2.45) is 0 Å². The average Bonchev–Trinajstić information content (AvgIpc) is 3.40. The van der Waals surface area contributed by atoms with Gasteiger partial charge in [0.15, 0.2) is 0 Å². The lowest BCUT2D eigenvalue weighted by atomic mass is 10.1. The molecule has 4 heteroatoms. The van der Waals surface area contributed by atoms with E-state index in [-0.39, 0.29) is 6.17 Å². The van der Waals surface area contributed by atoms with Crippen LogP contribution in [0.1, 0.15) is 23.9 Å². The number of rotatable bonds is 2. The monoisotopic (exact) mass is 378 g/mol. The van der Waals surface area contributed by atoms with Crippen LogP contribution >= 0.6 is 0 Å². The second kappa shape index (κ2) is 5.98. The van der Waals surface area contributed by atoms with Crippen LogP contribution in [0.15, 0.2) is 79.1 Å². The number of aromatic nitrogens is 2. The van der Waals surface area contributed by atoms with Gasteiger partial charge in [0.1, 0.15) is 12.0 Å². The van der Waals surface area contributed by atoms with E-state index in [9.17, 15) is 0 Å². The van der Waals surface area contributed by atoms with Gasteiger partial charge in [-0.15, -0.1) is 0 Å². The van der Waals surface area contributed by atoms with Crippen molar-refractivity contribution in [2.75, 3.05) is 9.80 Å². The number of benzene rings is 3. The second-order valence-corrected chi connectivity index (χ2v) is 7.85. The van der Waals surface area contributed by atoms with E-state index in [1.807, 2.05) is 6.20 Å². The molecule has 0 saturated carbocycles. The molecule has 0 spiro atoms. The highest BCUT2D eigenvalue weighted by Crippen LogP contribution is 2.48. The molecule has 1 atom stereocenters. The fourth-order valence-electron chi connectivity index (χ4n) is 4.87. The maximum absolute atomic E-state index is 4.51. The van der Waals surface area contributed by atoms with Crippen LogP contribution in [0.5, 0.6) is 0 Å². The van der Waals surface area contributed by atoms with Gasteiger partial charge >= 0.3 is 0 Å². The van der Waals surface area contributed by atoms with Gasteiger partial charge in [0.2, 0.25) is 0 Å². The summed E-state index contributed by atoms with van der Waals surface area (Å²) in [4.78, 5) is 9.41. The van der Waals surface area contributed by atoms with Gasteiger partial charge in [-0.25, -0.2) is 4.98 Å². The number of imidazole rings is 1. The number of anilines is 4.